The highest BCUT2D eigenvalue weighted by molar-refractivity contribution is 7.13. The number of phenolic OH excluding ortho intramolecular Hbond substituents is 1. The lowest BCUT2D eigenvalue weighted by Crippen LogP contribution is -2.08. The number of amides is 1. The van der Waals surface area contributed by atoms with E-state index in [1.807, 2.05) is 42.6 Å². The molecule has 4 nitrogen and oxygen atoms in total. The molecule has 5 heteroatoms. The van der Waals surface area contributed by atoms with Crippen LogP contribution in [0.5, 0.6) is 5.75 Å². The number of aromatic nitrogens is 1. The van der Waals surface area contributed by atoms with Crippen LogP contribution < -0.4 is 5.32 Å². The van der Waals surface area contributed by atoms with Crippen molar-refractivity contribution in [2.24, 2.45) is 0 Å². The molecule has 1 atom stereocenters. The van der Waals surface area contributed by atoms with E-state index in [1.54, 1.807) is 23.5 Å². The standard InChI is InChI=1S/C18H14N2O2S/c1-10-14-8-12(4-7-15(14)19-17(10)22)16-9-23-18(20-16)11-2-5-13(21)6-3-11/h2-10,21H,1H3,(H,19,22)/t10-/m1/s1. The van der Waals surface area contributed by atoms with E-state index in [1.165, 1.54) is 0 Å². The number of aromatic hydroxyl groups is 1. The molecule has 0 fully saturated rings. The number of fused-ring (bicyclic) bond motifs is 1. The number of thiazole rings is 1. The Labute approximate surface area is 137 Å². The van der Waals surface area contributed by atoms with Gasteiger partial charge < -0.3 is 10.4 Å². The summed E-state index contributed by atoms with van der Waals surface area (Å²) in [6, 6.07) is 13.0. The van der Waals surface area contributed by atoms with Gasteiger partial charge in [0, 0.05) is 22.2 Å². The molecule has 4 rings (SSSR count). The molecule has 1 amide bonds. The third-order valence-corrected chi connectivity index (χ3v) is 4.97. The summed E-state index contributed by atoms with van der Waals surface area (Å²) in [5.74, 6) is 0.163. The number of nitrogens with zero attached hydrogens (tertiary/aromatic N) is 1. The van der Waals surface area contributed by atoms with E-state index < -0.39 is 0 Å². The number of benzene rings is 2. The number of hydrogen-bond acceptors (Lipinski definition) is 4. The second-order valence-corrected chi connectivity index (χ2v) is 6.46. The smallest absolute Gasteiger partial charge is 0.231 e. The Morgan fingerprint density at radius 2 is 1.87 bits per heavy atom. The lowest BCUT2D eigenvalue weighted by atomic mass is 9.99. The van der Waals surface area contributed by atoms with Gasteiger partial charge in [0.15, 0.2) is 0 Å². The molecular formula is C18H14N2O2S. The molecule has 0 bridgehead atoms. The minimum Gasteiger partial charge on any atom is -0.508 e. The normalized spacial score (nSPS) is 16.2. The molecule has 0 radical (unpaired) electrons. The van der Waals surface area contributed by atoms with Gasteiger partial charge in [-0.1, -0.05) is 6.07 Å². The summed E-state index contributed by atoms with van der Waals surface area (Å²) in [6.45, 7) is 1.91. The predicted molar refractivity (Wildman–Crippen MR) is 91.7 cm³/mol. The van der Waals surface area contributed by atoms with E-state index >= 15 is 0 Å². The molecule has 0 saturated heterocycles. The summed E-state index contributed by atoms with van der Waals surface area (Å²) in [5.41, 5.74) is 4.79. The minimum absolute atomic E-state index is 0.0419. The van der Waals surface area contributed by atoms with Gasteiger partial charge in [0.1, 0.15) is 10.8 Å². The molecular weight excluding hydrogens is 308 g/mol. The molecule has 114 valence electrons. The molecule has 2 N–H and O–H groups in total. The number of rotatable bonds is 2. The third-order valence-electron chi connectivity index (χ3n) is 4.08. The van der Waals surface area contributed by atoms with Gasteiger partial charge in [-0.25, -0.2) is 4.98 Å². The molecule has 23 heavy (non-hydrogen) atoms. The Balaban J connectivity index is 1.70. The maximum absolute atomic E-state index is 11.8. The molecule has 0 saturated carbocycles. The van der Waals surface area contributed by atoms with Gasteiger partial charge in [0.05, 0.1) is 11.6 Å². The average molecular weight is 322 g/mol. The number of carbonyl (C=O) groups is 1. The van der Waals surface area contributed by atoms with Crippen LogP contribution in [0.1, 0.15) is 18.4 Å². The SMILES string of the molecule is C[C@H]1C(=O)Nc2ccc(-c3csc(-c4ccc(O)cc4)n3)cc21. The highest BCUT2D eigenvalue weighted by Gasteiger charge is 2.26. The first-order valence-corrected chi connectivity index (χ1v) is 8.20. The summed E-state index contributed by atoms with van der Waals surface area (Å²) in [6.07, 6.45) is 0. The number of carbonyl (C=O) groups excluding carboxylic acids is 1. The molecule has 2 aromatic carbocycles. The maximum Gasteiger partial charge on any atom is 0.231 e. The first-order chi connectivity index (χ1) is 11.1. The zero-order valence-electron chi connectivity index (χ0n) is 12.4. The quantitative estimate of drug-likeness (QED) is 0.742. The van der Waals surface area contributed by atoms with E-state index in [4.69, 9.17) is 0 Å². The van der Waals surface area contributed by atoms with Crippen LogP contribution in [0.4, 0.5) is 5.69 Å². The van der Waals surface area contributed by atoms with Crippen molar-refractivity contribution in [3.63, 3.8) is 0 Å². The fourth-order valence-electron chi connectivity index (χ4n) is 2.72. The van der Waals surface area contributed by atoms with Crippen LogP contribution >= 0.6 is 11.3 Å². The van der Waals surface area contributed by atoms with E-state index in [0.29, 0.717) is 0 Å². The van der Waals surface area contributed by atoms with Crippen LogP contribution in [0.25, 0.3) is 21.8 Å². The lowest BCUT2D eigenvalue weighted by molar-refractivity contribution is -0.116. The van der Waals surface area contributed by atoms with Gasteiger partial charge in [-0.2, -0.15) is 0 Å². The number of anilines is 1. The fraction of sp³-hybridized carbons (Fsp3) is 0.111. The summed E-state index contributed by atoms with van der Waals surface area (Å²) < 4.78 is 0. The highest BCUT2D eigenvalue weighted by Crippen LogP contribution is 2.36. The van der Waals surface area contributed by atoms with E-state index in [9.17, 15) is 9.90 Å². The summed E-state index contributed by atoms with van der Waals surface area (Å²) in [7, 11) is 0. The van der Waals surface area contributed by atoms with Crippen molar-refractivity contribution in [1.82, 2.24) is 4.98 Å². The first-order valence-electron chi connectivity index (χ1n) is 7.32. The molecule has 1 aliphatic rings. The van der Waals surface area contributed by atoms with Crippen LogP contribution in [0.2, 0.25) is 0 Å². The zero-order chi connectivity index (χ0) is 16.0. The monoisotopic (exact) mass is 322 g/mol. The van der Waals surface area contributed by atoms with Gasteiger partial charge in [-0.05, 0) is 48.9 Å². The second-order valence-electron chi connectivity index (χ2n) is 5.60. The molecule has 1 aliphatic heterocycles. The van der Waals surface area contributed by atoms with Gasteiger partial charge in [-0.3, -0.25) is 4.79 Å². The fourth-order valence-corrected chi connectivity index (χ4v) is 3.55. The lowest BCUT2D eigenvalue weighted by Gasteiger charge is -2.04. The Kier molecular flexibility index (Phi) is 3.16. The molecule has 0 aliphatic carbocycles. The van der Waals surface area contributed by atoms with E-state index in [-0.39, 0.29) is 17.6 Å². The molecule has 1 aromatic heterocycles. The van der Waals surface area contributed by atoms with Gasteiger partial charge >= 0.3 is 0 Å². The predicted octanol–water partition coefficient (Wildman–Crippen LogP) is 4.24. The van der Waals surface area contributed by atoms with Crippen molar-refractivity contribution in [2.45, 2.75) is 12.8 Å². The van der Waals surface area contributed by atoms with Gasteiger partial charge in [0.25, 0.3) is 0 Å². The largest absolute Gasteiger partial charge is 0.508 e. The van der Waals surface area contributed by atoms with Gasteiger partial charge in [-0.15, -0.1) is 11.3 Å². The Morgan fingerprint density at radius 3 is 2.65 bits per heavy atom. The van der Waals surface area contributed by atoms with Crippen molar-refractivity contribution < 1.29 is 9.90 Å². The van der Waals surface area contributed by atoms with Crippen LogP contribution in [0.15, 0.2) is 47.8 Å². The van der Waals surface area contributed by atoms with Crippen molar-refractivity contribution in [2.75, 3.05) is 5.32 Å². The van der Waals surface area contributed by atoms with Crippen molar-refractivity contribution in [1.29, 1.82) is 0 Å². The topological polar surface area (TPSA) is 62.2 Å². The van der Waals surface area contributed by atoms with Crippen molar-refractivity contribution in [3.8, 4) is 27.6 Å². The molecule has 2 heterocycles. The van der Waals surface area contributed by atoms with Crippen molar-refractivity contribution in [3.05, 3.63) is 53.4 Å². The Hall–Kier alpha value is -2.66. The van der Waals surface area contributed by atoms with Crippen LogP contribution in [-0.2, 0) is 4.79 Å². The van der Waals surface area contributed by atoms with Crippen molar-refractivity contribution >= 4 is 22.9 Å². The average Bonchev–Trinajstić information content (AvgIpc) is 3.14. The highest BCUT2D eigenvalue weighted by atomic mass is 32.1. The maximum atomic E-state index is 11.8. The summed E-state index contributed by atoms with van der Waals surface area (Å²) in [4.78, 5) is 16.4. The zero-order valence-corrected chi connectivity index (χ0v) is 13.2. The molecule has 3 aromatic rings. The van der Waals surface area contributed by atoms with Crippen LogP contribution in [0, 0.1) is 0 Å². The molecule has 0 unspecified atom stereocenters. The van der Waals surface area contributed by atoms with Crippen LogP contribution in [-0.4, -0.2) is 16.0 Å². The minimum atomic E-state index is -0.125. The molecule has 0 spiro atoms. The summed E-state index contributed by atoms with van der Waals surface area (Å²) >= 11 is 1.56. The Morgan fingerprint density at radius 1 is 1.13 bits per heavy atom. The number of hydrogen-bond donors (Lipinski definition) is 2. The van der Waals surface area contributed by atoms with E-state index in [0.717, 1.165) is 33.1 Å². The van der Waals surface area contributed by atoms with Gasteiger partial charge in [0.2, 0.25) is 5.91 Å². The second kappa shape index (κ2) is 5.21. The summed E-state index contributed by atoms with van der Waals surface area (Å²) in [5, 5.41) is 15.2. The number of nitrogens with one attached hydrogen (secondary N) is 1. The van der Waals surface area contributed by atoms with Crippen LogP contribution in [0.3, 0.4) is 0 Å². The third kappa shape index (κ3) is 2.39. The Bertz CT molecular complexity index is 900. The number of phenols is 1. The first kappa shape index (κ1) is 14.0. The van der Waals surface area contributed by atoms with E-state index in [2.05, 4.69) is 10.3 Å².